The van der Waals surface area contributed by atoms with Gasteiger partial charge in [0.1, 0.15) is 6.54 Å². The fraction of sp³-hybridized carbons (Fsp3) is 0.545. The van der Waals surface area contributed by atoms with E-state index in [-0.39, 0.29) is 5.78 Å². The first kappa shape index (κ1) is 11.2. The Labute approximate surface area is 91.1 Å². The summed E-state index contributed by atoms with van der Waals surface area (Å²) < 4.78 is 38.3. The Morgan fingerprint density at radius 1 is 1.38 bits per heavy atom. The normalized spacial score (nSPS) is 16.4. The summed E-state index contributed by atoms with van der Waals surface area (Å²) in [6, 6.07) is 1.57. The summed E-state index contributed by atoms with van der Waals surface area (Å²) in [4.78, 5) is 11.5. The molecule has 1 aliphatic rings. The second-order valence-electron chi connectivity index (χ2n) is 4.12. The van der Waals surface area contributed by atoms with E-state index >= 15 is 0 Å². The van der Waals surface area contributed by atoms with Gasteiger partial charge in [-0.1, -0.05) is 0 Å². The second kappa shape index (κ2) is 3.64. The molecule has 2 rings (SSSR count). The molecule has 1 aliphatic carbocycles. The van der Waals surface area contributed by atoms with Gasteiger partial charge in [-0.3, -0.25) is 4.79 Å². The molecule has 0 fully saturated rings. The van der Waals surface area contributed by atoms with Crippen molar-refractivity contribution in [2.75, 3.05) is 0 Å². The summed E-state index contributed by atoms with van der Waals surface area (Å²) in [6.45, 7) is 0.610. The topological polar surface area (TPSA) is 22.0 Å². The summed E-state index contributed by atoms with van der Waals surface area (Å²) >= 11 is 0. The van der Waals surface area contributed by atoms with Gasteiger partial charge in [0, 0.05) is 23.4 Å². The zero-order valence-corrected chi connectivity index (χ0v) is 8.90. The van der Waals surface area contributed by atoms with E-state index in [4.69, 9.17) is 0 Å². The molecule has 0 saturated carbocycles. The lowest BCUT2D eigenvalue weighted by Crippen LogP contribution is -2.22. The standard InChI is InChI=1S/C11H12F3NO/c1-7-5-8-9(3-2-4-10(8)16)15(7)6-11(12,13)14/h5H,2-4,6H2,1H3. The van der Waals surface area contributed by atoms with Gasteiger partial charge in [-0.05, 0) is 25.8 Å². The lowest BCUT2D eigenvalue weighted by Gasteiger charge is -2.17. The van der Waals surface area contributed by atoms with Crippen molar-refractivity contribution in [1.82, 2.24) is 4.57 Å². The van der Waals surface area contributed by atoms with E-state index in [0.717, 1.165) is 0 Å². The number of carbonyl (C=O) groups is 1. The van der Waals surface area contributed by atoms with Crippen LogP contribution in [-0.2, 0) is 13.0 Å². The van der Waals surface area contributed by atoms with Crippen molar-refractivity contribution in [2.24, 2.45) is 0 Å². The zero-order valence-electron chi connectivity index (χ0n) is 8.90. The van der Waals surface area contributed by atoms with Crippen LogP contribution < -0.4 is 0 Å². The minimum Gasteiger partial charge on any atom is -0.339 e. The lowest BCUT2D eigenvalue weighted by molar-refractivity contribution is -0.141. The molecule has 1 aromatic rings. The molecule has 1 heterocycles. The highest BCUT2D eigenvalue weighted by molar-refractivity contribution is 5.98. The van der Waals surface area contributed by atoms with Crippen molar-refractivity contribution in [1.29, 1.82) is 0 Å². The highest BCUT2D eigenvalue weighted by atomic mass is 19.4. The Balaban J connectivity index is 2.42. The number of aryl methyl sites for hydroxylation is 1. The molecular formula is C11H12F3NO. The minimum absolute atomic E-state index is 0.0368. The Hall–Kier alpha value is -1.26. The monoisotopic (exact) mass is 231 g/mol. The minimum atomic E-state index is -4.24. The van der Waals surface area contributed by atoms with Gasteiger partial charge in [0.05, 0.1) is 0 Å². The van der Waals surface area contributed by atoms with Gasteiger partial charge in [0.25, 0.3) is 0 Å². The van der Waals surface area contributed by atoms with E-state index in [1.807, 2.05) is 0 Å². The highest BCUT2D eigenvalue weighted by Crippen LogP contribution is 2.28. The van der Waals surface area contributed by atoms with Crippen LogP contribution in [0.3, 0.4) is 0 Å². The van der Waals surface area contributed by atoms with Crippen LogP contribution >= 0.6 is 0 Å². The molecule has 0 aromatic carbocycles. The van der Waals surface area contributed by atoms with E-state index in [9.17, 15) is 18.0 Å². The van der Waals surface area contributed by atoms with Crippen molar-refractivity contribution < 1.29 is 18.0 Å². The fourth-order valence-electron chi connectivity index (χ4n) is 2.19. The number of alkyl halides is 3. The zero-order chi connectivity index (χ0) is 11.9. The van der Waals surface area contributed by atoms with Gasteiger partial charge in [-0.2, -0.15) is 13.2 Å². The van der Waals surface area contributed by atoms with E-state index < -0.39 is 12.7 Å². The summed E-state index contributed by atoms with van der Waals surface area (Å²) in [5.74, 6) is -0.0368. The first-order valence-corrected chi connectivity index (χ1v) is 5.17. The van der Waals surface area contributed by atoms with Crippen LogP contribution in [0.1, 0.15) is 34.6 Å². The molecule has 0 saturated heterocycles. The predicted octanol–water partition coefficient (Wildman–Crippen LogP) is 2.88. The highest BCUT2D eigenvalue weighted by Gasteiger charge is 2.31. The molecule has 0 radical (unpaired) electrons. The fourth-order valence-corrected chi connectivity index (χ4v) is 2.19. The maximum atomic E-state index is 12.4. The van der Waals surface area contributed by atoms with Crippen LogP contribution in [0.25, 0.3) is 0 Å². The van der Waals surface area contributed by atoms with E-state index in [0.29, 0.717) is 36.2 Å². The average Bonchev–Trinajstić information content (AvgIpc) is 2.44. The molecule has 0 aliphatic heterocycles. The van der Waals surface area contributed by atoms with E-state index in [2.05, 4.69) is 0 Å². The molecule has 5 heteroatoms. The summed E-state index contributed by atoms with van der Waals surface area (Å²) in [5.41, 5.74) is 1.54. The third-order valence-corrected chi connectivity index (χ3v) is 2.87. The van der Waals surface area contributed by atoms with Crippen LogP contribution in [0.4, 0.5) is 13.2 Å². The van der Waals surface area contributed by atoms with Crippen molar-refractivity contribution in [3.05, 3.63) is 23.0 Å². The van der Waals surface area contributed by atoms with Crippen LogP contribution in [0.15, 0.2) is 6.07 Å². The number of hydrogen-bond donors (Lipinski definition) is 0. The first-order chi connectivity index (χ1) is 7.38. The van der Waals surface area contributed by atoms with Crippen molar-refractivity contribution in [3.8, 4) is 0 Å². The van der Waals surface area contributed by atoms with Crippen LogP contribution in [0.2, 0.25) is 0 Å². The number of rotatable bonds is 1. The number of Topliss-reactive ketones (excluding diaryl/α,β-unsaturated/α-hetero) is 1. The SMILES string of the molecule is Cc1cc2c(n1CC(F)(F)F)CCCC2=O. The third kappa shape index (κ3) is 1.99. The summed E-state index contributed by atoms with van der Waals surface area (Å²) in [7, 11) is 0. The van der Waals surface area contributed by atoms with E-state index in [1.54, 1.807) is 13.0 Å². The smallest absolute Gasteiger partial charge is 0.339 e. The molecule has 2 nitrogen and oxygen atoms in total. The number of nitrogens with zero attached hydrogens (tertiary/aromatic N) is 1. The molecule has 1 aromatic heterocycles. The summed E-state index contributed by atoms with van der Waals surface area (Å²) in [5, 5.41) is 0. The number of hydrogen-bond acceptors (Lipinski definition) is 1. The maximum absolute atomic E-state index is 12.4. The van der Waals surface area contributed by atoms with Crippen LogP contribution in [0.5, 0.6) is 0 Å². The van der Waals surface area contributed by atoms with Crippen molar-refractivity contribution in [2.45, 2.75) is 38.9 Å². The van der Waals surface area contributed by atoms with Crippen molar-refractivity contribution >= 4 is 5.78 Å². The van der Waals surface area contributed by atoms with E-state index in [1.165, 1.54) is 4.57 Å². The maximum Gasteiger partial charge on any atom is 0.406 e. The van der Waals surface area contributed by atoms with Gasteiger partial charge in [0.15, 0.2) is 5.78 Å². The third-order valence-electron chi connectivity index (χ3n) is 2.87. The van der Waals surface area contributed by atoms with Gasteiger partial charge >= 0.3 is 6.18 Å². The van der Waals surface area contributed by atoms with Gasteiger partial charge in [-0.25, -0.2) is 0 Å². The van der Waals surface area contributed by atoms with Gasteiger partial charge in [-0.15, -0.1) is 0 Å². The number of halogens is 3. The molecule has 88 valence electrons. The quantitative estimate of drug-likeness (QED) is 0.728. The predicted molar refractivity (Wildman–Crippen MR) is 52.5 cm³/mol. The molecule has 0 atom stereocenters. The molecule has 0 bridgehead atoms. The molecule has 0 unspecified atom stereocenters. The number of carbonyl (C=O) groups excluding carboxylic acids is 1. The molecule has 0 amide bonds. The van der Waals surface area contributed by atoms with Gasteiger partial charge < -0.3 is 4.57 Å². The van der Waals surface area contributed by atoms with Crippen LogP contribution in [0, 0.1) is 6.92 Å². The van der Waals surface area contributed by atoms with Gasteiger partial charge in [0.2, 0.25) is 0 Å². The largest absolute Gasteiger partial charge is 0.406 e. The molecular weight excluding hydrogens is 219 g/mol. The Morgan fingerprint density at radius 2 is 2.06 bits per heavy atom. The summed E-state index contributed by atoms with van der Waals surface area (Å²) in [6.07, 6.45) is -2.58. The first-order valence-electron chi connectivity index (χ1n) is 5.17. The Kier molecular flexibility index (Phi) is 2.56. The van der Waals surface area contributed by atoms with Crippen molar-refractivity contribution in [3.63, 3.8) is 0 Å². The lowest BCUT2D eigenvalue weighted by atomic mass is 9.97. The Morgan fingerprint density at radius 3 is 2.69 bits per heavy atom. The molecule has 0 spiro atoms. The Bertz CT molecular complexity index is 431. The number of ketones is 1. The van der Waals surface area contributed by atoms with Crippen LogP contribution in [-0.4, -0.2) is 16.5 Å². The average molecular weight is 231 g/mol. The molecule has 0 N–H and O–H groups in total. The second-order valence-corrected chi connectivity index (χ2v) is 4.12. The number of aromatic nitrogens is 1. The number of fused-ring (bicyclic) bond motifs is 1. The molecule has 16 heavy (non-hydrogen) atoms.